The molecule has 1 aliphatic heterocycles. The third-order valence-corrected chi connectivity index (χ3v) is 5.30. The van der Waals surface area contributed by atoms with Crippen LogP contribution >= 0.6 is 11.6 Å². The molecule has 0 saturated carbocycles. The average molecular weight is 389 g/mol. The summed E-state index contributed by atoms with van der Waals surface area (Å²) in [4.78, 5) is 14.9. The molecule has 3 rings (SSSR count). The van der Waals surface area contributed by atoms with Gasteiger partial charge < -0.3 is 14.8 Å². The highest BCUT2D eigenvalue weighted by atomic mass is 35.5. The first-order valence-electron chi connectivity index (χ1n) is 9.10. The smallest absolute Gasteiger partial charge is 0.251 e. The first-order valence-corrected chi connectivity index (χ1v) is 9.47. The summed E-state index contributed by atoms with van der Waals surface area (Å²) in [5.41, 5.74) is 2.97. The van der Waals surface area contributed by atoms with Crippen LogP contribution < -0.4 is 14.8 Å². The number of hydrogen-bond donors (Lipinski definition) is 1. The van der Waals surface area contributed by atoms with Gasteiger partial charge in [-0.15, -0.1) is 0 Å². The minimum Gasteiger partial charge on any atom is -0.493 e. The van der Waals surface area contributed by atoms with Gasteiger partial charge in [-0.3, -0.25) is 9.69 Å². The molecule has 0 aromatic heterocycles. The maximum Gasteiger partial charge on any atom is 0.251 e. The summed E-state index contributed by atoms with van der Waals surface area (Å²) in [6.45, 7) is 4.50. The number of halogens is 1. The van der Waals surface area contributed by atoms with E-state index in [1.165, 1.54) is 11.1 Å². The summed E-state index contributed by atoms with van der Waals surface area (Å²) in [5, 5.41) is 3.61. The summed E-state index contributed by atoms with van der Waals surface area (Å²) in [6, 6.07) is 11.1. The molecule has 0 saturated heterocycles. The lowest BCUT2D eigenvalue weighted by Gasteiger charge is -2.37. The Bertz CT molecular complexity index is 825. The Hall–Kier alpha value is -2.24. The molecule has 0 fully saturated rings. The molecule has 5 nitrogen and oxygen atoms in total. The molecule has 0 aliphatic carbocycles. The number of carbonyl (C=O) groups is 1. The molecule has 0 radical (unpaired) electrons. The van der Waals surface area contributed by atoms with Crippen LogP contribution in [0.15, 0.2) is 36.4 Å². The second-order valence-electron chi connectivity index (χ2n) is 6.52. The molecule has 6 heteroatoms. The van der Waals surface area contributed by atoms with Crippen LogP contribution in [-0.4, -0.2) is 44.7 Å². The van der Waals surface area contributed by atoms with E-state index in [-0.39, 0.29) is 11.9 Å². The van der Waals surface area contributed by atoms with Gasteiger partial charge in [0.15, 0.2) is 11.5 Å². The zero-order valence-corrected chi connectivity index (χ0v) is 16.7. The summed E-state index contributed by atoms with van der Waals surface area (Å²) in [5.74, 6) is 1.32. The van der Waals surface area contributed by atoms with Gasteiger partial charge in [0.2, 0.25) is 0 Å². The lowest BCUT2D eigenvalue weighted by Crippen LogP contribution is -2.42. The Labute approximate surface area is 165 Å². The number of nitrogens with one attached hydrogen (secondary N) is 1. The van der Waals surface area contributed by atoms with E-state index in [1.54, 1.807) is 38.5 Å². The molecule has 2 aromatic rings. The number of methoxy groups -OCH3 is 2. The standard InChI is InChI=1S/C21H25ClN2O3/c1-4-24-9-8-14-11-19(26-2)20(27-3)12-17(14)18(24)13-23-21(25)15-6-5-7-16(22)10-15/h5-7,10-12,18H,4,8-9,13H2,1-3H3,(H,23,25)/t18-/m0/s1. The van der Waals surface area contributed by atoms with Crippen molar-refractivity contribution in [2.75, 3.05) is 33.9 Å². The van der Waals surface area contributed by atoms with Gasteiger partial charge in [-0.05, 0) is 54.4 Å². The zero-order chi connectivity index (χ0) is 19.4. The van der Waals surface area contributed by atoms with Crippen LogP contribution in [0.25, 0.3) is 0 Å². The second kappa shape index (κ2) is 8.63. The number of fused-ring (bicyclic) bond motifs is 1. The molecular weight excluding hydrogens is 364 g/mol. The first kappa shape index (κ1) is 19.5. The van der Waals surface area contributed by atoms with Crippen LogP contribution in [0.2, 0.25) is 5.02 Å². The van der Waals surface area contributed by atoms with Crippen LogP contribution in [0.4, 0.5) is 0 Å². The van der Waals surface area contributed by atoms with Crippen molar-refractivity contribution in [1.29, 1.82) is 0 Å². The number of nitrogens with zero attached hydrogens (tertiary/aromatic N) is 1. The van der Waals surface area contributed by atoms with Crippen molar-refractivity contribution >= 4 is 17.5 Å². The van der Waals surface area contributed by atoms with E-state index in [9.17, 15) is 4.79 Å². The number of ether oxygens (including phenoxy) is 2. The molecule has 0 unspecified atom stereocenters. The third-order valence-electron chi connectivity index (χ3n) is 5.06. The Kier molecular flexibility index (Phi) is 6.24. The fourth-order valence-electron chi connectivity index (χ4n) is 3.62. The topological polar surface area (TPSA) is 50.8 Å². The van der Waals surface area contributed by atoms with Gasteiger partial charge in [0, 0.05) is 23.7 Å². The van der Waals surface area contributed by atoms with Crippen molar-refractivity contribution in [3.05, 3.63) is 58.1 Å². The van der Waals surface area contributed by atoms with E-state index >= 15 is 0 Å². The van der Waals surface area contributed by atoms with Gasteiger partial charge in [-0.2, -0.15) is 0 Å². The summed E-state index contributed by atoms with van der Waals surface area (Å²) >= 11 is 6.00. The van der Waals surface area contributed by atoms with Gasteiger partial charge in [0.25, 0.3) is 5.91 Å². The maximum absolute atomic E-state index is 12.5. The molecule has 144 valence electrons. The molecule has 1 aliphatic rings. The summed E-state index contributed by atoms with van der Waals surface area (Å²) in [7, 11) is 3.29. The largest absolute Gasteiger partial charge is 0.493 e. The fourth-order valence-corrected chi connectivity index (χ4v) is 3.81. The highest BCUT2D eigenvalue weighted by Crippen LogP contribution is 2.37. The number of benzene rings is 2. The number of hydrogen-bond acceptors (Lipinski definition) is 4. The monoisotopic (exact) mass is 388 g/mol. The van der Waals surface area contributed by atoms with Crippen LogP contribution in [0.1, 0.15) is 34.5 Å². The Morgan fingerprint density at radius 2 is 1.96 bits per heavy atom. The lowest BCUT2D eigenvalue weighted by atomic mass is 9.91. The third kappa shape index (κ3) is 4.20. The van der Waals surface area contributed by atoms with Gasteiger partial charge in [0.1, 0.15) is 0 Å². The van der Waals surface area contributed by atoms with Crippen LogP contribution in [0.3, 0.4) is 0 Å². The molecule has 1 heterocycles. The molecule has 1 atom stereocenters. The maximum atomic E-state index is 12.5. The quantitative estimate of drug-likeness (QED) is 0.819. The number of carbonyl (C=O) groups excluding carboxylic acids is 1. The van der Waals surface area contributed by atoms with Crippen LogP contribution in [-0.2, 0) is 6.42 Å². The summed E-state index contributed by atoms with van der Waals surface area (Å²) < 4.78 is 10.9. The molecule has 1 N–H and O–H groups in total. The predicted molar refractivity (Wildman–Crippen MR) is 107 cm³/mol. The minimum absolute atomic E-state index is 0.0849. The normalized spacial score (nSPS) is 16.5. The second-order valence-corrected chi connectivity index (χ2v) is 6.96. The van der Waals surface area contributed by atoms with E-state index in [1.807, 2.05) is 12.1 Å². The van der Waals surface area contributed by atoms with E-state index in [2.05, 4.69) is 17.1 Å². The molecule has 1 amide bonds. The van der Waals surface area contributed by atoms with Crippen molar-refractivity contribution in [3.63, 3.8) is 0 Å². The molecule has 2 aromatic carbocycles. The highest BCUT2D eigenvalue weighted by molar-refractivity contribution is 6.30. The Morgan fingerprint density at radius 1 is 1.22 bits per heavy atom. The molecule has 0 spiro atoms. The fraction of sp³-hybridized carbons (Fsp3) is 0.381. The predicted octanol–water partition coefficient (Wildman–Crippen LogP) is 3.71. The van der Waals surface area contributed by atoms with Crippen molar-refractivity contribution in [1.82, 2.24) is 10.2 Å². The van der Waals surface area contributed by atoms with Crippen molar-refractivity contribution in [2.24, 2.45) is 0 Å². The van der Waals surface area contributed by atoms with Crippen LogP contribution in [0, 0.1) is 0 Å². The number of amides is 1. The van der Waals surface area contributed by atoms with Gasteiger partial charge in [-0.1, -0.05) is 24.6 Å². The van der Waals surface area contributed by atoms with E-state index in [4.69, 9.17) is 21.1 Å². The van der Waals surface area contributed by atoms with Gasteiger partial charge in [-0.25, -0.2) is 0 Å². The lowest BCUT2D eigenvalue weighted by molar-refractivity contribution is 0.0930. The molecular formula is C21H25ClN2O3. The zero-order valence-electron chi connectivity index (χ0n) is 15.9. The number of rotatable bonds is 6. The van der Waals surface area contributed by atoms with Gasteiger partial charge in [0.05, 0.1) is 20.3 Å². The Morgan fingerprint density at radius 3 is 2.63 bits per heavy atom. The summed E-state index contributed by atoms with van der Waals surface area (Å²) in [6.07, 6.45) is 0.947. The minimum atomic E-state index is -0.124. The molecule has 27 heavy (non-hydrogen) atoms. The average Bonchev–Trinajstić information content (AvgIpc) is 2.70. The van der Waals surface area contributed by atoms with E-state index < -0.39 is 0 Å². The molecule has 0 bridgehead atoms. The number of likely N-dealkylation sites (N-methyl/N-ethyl adjacent to an activating group) is 1. The van der Waals surface area contributed by atoms with E-state index in [0.717, 1.165) is 25.3 Å². The van der Waals surface area contributed by atoms with Crippen molar-refractivity contribution < 1.29 is 14.3 Å². The first-order chi connectivity index (χ1) is 13.1. The van der Waals surface area contributed by atoms with Crippen molar-refractivity contribution in [2.45, 2.75) is 19.4 Å². The van der Waals surface area contributed by atoms with Crippen molar-refractivity contribution in [3.8, 4) is 11.5 Å². The SMILES string of the molecule is CCN1CCc2cc(OC)c(OC)cc2[C@@H]1CNC(=O)c1cccc(Cl)c1. The van der Waals surface area contributed by atoms with Gasteiger partial charge >= 0.3 is 0 Å². The Balaban J connectivity index is 1.84. The highest BCUT2D eigenvalue weighted by Gasteiger charge is 2.28. The van der Waals surface area contributed by atoms with Crippen LogP contribution in [0.5, 0.6) is 11.5 Å². The van der Waals surface area contributed by atoms with E-state index in [0.29, 0.717) is 22.9 Å².